The summed E-state index contributed by atoms with van der Waals surface area (Å²) in [6.45, 7) is 4.23. The number of nitrogen functional groups attached to an aromatic ring is 1. The van der Waals surface area contributed by atoms with Gasteiger partial charge in [0, 0.05) is 59.2 Å². The van der Waals surface area contributed by atoms with Crippen LogP contribution in [-0.4, -0.2) is 48.4 Å². The molecule has 34 heavy (non-hydrogen) atoms. The number of ether oxygens (including phenoxy) is 1. The van der Waals surface area contributed by atoms with Crippen molar-refractivity contribution in [2.24, 2.45) is 0 Å². The van der Waals surface area contributed by atoms with E-state index in [0.29, 0.717) is 30.3 Å². The molecule has 0 bridgehead atoms. The lowest BCUT2D eigenvalue weighted by Crippen LogP contribution is -2.36. The highest BCUT2D eigenvalue weighted by atomic mass is 32.1. The molecule has 9 heteroatoms. The number of hydrogen-bond donors (Lipinski definition) is 3. The third-order valence-corrected chi connectivity index (χ3v) is 6.85. The van der Waals surface area contributed by atoms with Crippen LogP contribution in [0.5, 0.6) is 0 Å². The Morgan fingerprint density at radius 1 is 1.15 bits per heavy atom. The summed E-state index contributed by atoms with van der Waals surface area (Å²) in [4.78, 5) is 24.8. The first kappa shape index (κ1) is 22.0. The number of nitrogens with one attached hydrogen (secondary N) is 2. The van der Waals surface area contributed by atoms with Crippen LogP contribution in [0.4, 0.5) is 17.2 Å². The number of carbonyl (C=O) groups is 1. The van der Waals surface area contributed by atoms with E-state index in [1.54, 1.807) is 17.4 Å². The normalized spacial score (nSPS) is 13.7. The van der Waals surface area contributed by atoms with Crippen molar-refractivity contribution in [1.82, 2.24) is 9.97 Å². The number of nitrogens with zero attached hydrogens (tertiary/aromatic N) is 3. The molecular weight excluding hydrogens is 448 g/mol. The summed E-state index contributed by atoms with van der Waals surface area (Å²) in [5.74, 6) is 1.25. The predicted octanol–water partition coefficient (Wildman–Crippen LogP) is 4.40. The van der Waals surface area contributed by atoms with Crippen molar-refractivity contribution >= 4 is 50.9 Å². The Morgan fingerprint density at radius 3 is 2.68 bits per heavy atom. The third kappa shape index (κ3) is 4.11. The fourth-order valence-corrected chi connectivity index (χ4v) is 5.25. The first-order valence-electron chi connectivity index (χ1n) is 11.0. The van der Waals surface area contributed by atoms with Gasteiger partial charge in [0.15, 0.2) is 11.6 Å². The first-order valence-corrected chi connectivity index (χ1v) is 11.8. The summed E-state index contributed by atoms with van der Waals surface area (Å²) in [5, 5.41) is 10.8. The monoisotopic (exact) mass is 472 g/mol. The quantitative estimate of drug-likeness (QED) is 0.293. The maximum Gasteiger partial charge on any atom is 0.221 e. The number of benzene rings is 2. The van der Waals surface area contributed by atoms with Crippen LogP contribution in [0.1, 0.15) is 12.5 Å². The Bertz CT molecular complexity index is 1390. The van der Waals surface area contributed by atoms with Gasteiger partial charge in [-0.3, -0.25) is 4.79 Å². The van der Waals surface area contributed by atoms with E-state index in [1.165, 1.54) is 13.1 Å². The highest BCUT2D eigenvalue weighted by Crippen LogP contribution is 2.41. The van der Waals surface area contributed by atoms with E-state index >= 15 is 0 Å². The van der Waals surface area contributed by atoms with Crippen molar-refractivity contribution in [3.05, 3.63) is 54.1 Å². The maximum atomic E-state index is 11.7. The minimum atomic E-state index is -0.120. The van der Waals surface area contributed by atoms with Crippen LogP contribution < -0.4 is 16.0 Å². The summed E-state index contributed by atoms with van der Waals surface area (Å²) in [6.07, 6.45) is 1.25. The van der Waals surface area contributed by atoms with Crippen LogP contribution in [-0.2, 0) is 9.53 Å². The zero-order valence-electron chi connectivity index (χ0n) is 18.7. The van der Waals surface area contributed by atoms with Crippen LogP contribution >= 0.6 is 11.3 Å². The molecule has 1 saturated heterocycles. The zero-order valence-corrected chi connectivity index (χ0v) is 19.5. The van der Waals surface area contributed by atoms with Crippen LogP contribution in [0, 0.1) is 5.41 Å². The molecule has 3 heterocycles. The van der Waals surface area contributed by atoms with Crippen LogP contribution in [0.15, 0.2) is 48.5 Å². The number of fused-ring (bicyclic) bond motifs is 1. The number of nitrogens with two attached hydrogens (primary N) is 1. The van der Waals surface area contributed by atoms with E-state index in [4.69, 9.17) is 25.8 Å². The molecule has 1 amide bonds. The molecule has 2 aromatic carbocycles. The highest BCUT2D eigenvalue weighted by molar-refractivity contribution is 7.22. The Labute approximate surface area is 200 Å². The van der Waals surface area contributed by atoms with Crippen LogP contribution in [0.2, 0.25) is 0 Å². The van der Waals surface area contributed by atoms with E-state index in [0.717, 1.165) is 50.8 Å². The molecule has 5 rings (SSSR count). The zero-order chi connectivity index (χ0) is 23.7. The number of aromatic nitrogens is 2. The van der Waals surface area contributed by atoms with E-state index in [9.17, 15) is 4.79 Å². The lowest BCUT2D eigenvalue weighted by Gasteiger charge is -2.28. The van der Waals surface area contributed by atoms with Gasteiger partial charge in [-0.2, -0.15) is 0 Å². The van der Waals surface area contributed by atoms with Crippen molar-refractivity contribution in [2.75, 3.05) is 42.3 Å². The number of rotatable bonds is 5. The summed E-state index contributed by atoms with van der Waals surface area (Å²) in [7, 11) is 0. The Morgan fingerprint density at radius 2 is 1.91 bits per heavy atom. The summed E-state index contributed by atoms with van der Waals surface area (Å²) >= 11 is 1.60. The van der Waals surface area contributed by atoms with Gasteiger partial charge in [-0.1, -0.05) is 30.3 Å². The molecule has 0 saturated carbocycles. The summed E-state index contributed by atoms with van der Waals surface area (Å²) in [5.41, 5.74) is 10.5. The van der Waals surface area contributed by atoms with Gasteiger partial charge in [0.1, 0.15) is 0 Å². The number of thiophene rings is 1. The molecule has 4 aromatic rings. The second-order valence-electron chi connectivity index (χ2n) is 7.97. The van der Waals surface area contributed by atoms with E-state index in [2.05, 4.69) is 10.2 Å². The smallest absolute Gasteiger partial charge is 0.221 e. The number of amides is 1. The van der Waals surface area contributed by atoms with Crippen molar-refractivity contribution < 1.29 is 9.53 Å². The molecule has 1 fully saturated rings. The SMILES string of the molecule is CC(=O)Nc1ccccc1-c1cc2nc(-c3cccc(N)c3C=N)nc(N3CCOCC3)c2s1. The first-order chi connectivity index (χ1) is 16.5. The minimum Gasteiger partial charge on any atom is -0.398 e. The maximum absolute atomic E-state index is 11.7. The van der Waals surface area contributed by atoms with Gasteiger partial charge in [-0.25, -0.2) is 9.97 Å². The van der Waals surface area contributed by atoms with Crippen molar-refractivity contribution in [3.63, 3.8) is 0 Å². The topological polar surface area (TPSA) is 117 Å². The van der Waals surface area contributed by atoms with Crippen LogP contribution in [0.25, 0.3) is 32.0 Å². The van der Waals surface area contributed by atoms with Crippen LogP contribution in [0.3, 0.4) is 0 Å². The highest BCUT2D eigenvalue weighted by Gasteiger charge is 2.22. The van der Waals surface area contributed by atoms with Gasteiger partial charge in [0.25, 0.3) is 0 Å². The molecule has 0 spiro atoms. The molecule has 1 aliphatic rings. The van der Waals surface area contributed by atoms with Gasteiger partial charge in [0.2, 0.25) is 5.91 Å². The number of anilines is 3. The molecule has 0 unspecified atom stereocenters. The average molecular weight is 473 g/mol. The van der Waals surface area contributed by atoms with Crippen molar-refractivity contribution in [1.29, 1.82) is 5.41 Å². The molecule has 0 radical (unpaired) electrons. The Balaban J connectivity index is 1.72. The number of carbonyl (C=O) groups excluding carboxylic acids is 1. The average Bonchev–Trinajstić information content (AvgIpc) is 3.28. The molecule has 0 atom stereocenters. The molecule has 4 N–H and O–H groups in total. The second kappa shape index (κ2) is 9.20. The van der Waals surface area contributed by atoms with Gasteiger partial charge in [-0.15, -0.1) is 11.3 Å². The Hall–Kier alpha value is -3.82. The second-order valence-corrected chi connectivity index (χ2v) is 9.03. The van der Waals surface area contributed by atoms with Gasteiger partial charge < -0.3 is 26.1 Å². The number of para-hydroxylation sites is 1. The molecular formula is C25H24N6O2S. The third-order valence-electron chi connectivity index (χ3n) is 5.69. The molecule has 1 aliphatic heterocycles. The molecule has 8 nitrogen and oxygen atoms in total. The van der Waals surface area contributed by atoms with E-state index < -0.39 is 0 Å². The lowest BCUT2D eigenvalue weighted by atomic mass is 10.1. The van der Waals surface area contributed by atoms with E-state index in [-0.39, 0.29) is 5.91 Å². The summed E-state index contributed by atoms with van der Waals surface area (Å²) < 4.78 is 6.53. The predicted molar refractivity (Wildman–Crippen MR) is 138 cm³/mol. The van der Waals surface area contributed by atoms with Gasteiger partial charge in [0.05, 0.1) is 23.4 Å². The van der Waals surface area contributed by atoms with Gasteiger partial charge >= 0.3 is 0 Å². The van der Waals surface area contributed by atoms with Crippen molar-refractivity contribution in [3.8, 4) is 21.8 Å². The molecule has 172 valence electrons. The number of morpholine rings is 1. The molecule has 0 aliphatic carbocycles. The standard InChI is InChI=1S/C25H24N6O2S/c1-15(32)28-20-8-3-2-5-17(20)22-13-21-23(34-22)25(31-9-11-33-12-10-31)30-24(29-21)16-6-4-7-19(27)18(16)14-26/h2-8,13-14,26H,9-12,27H2,1H3,(H,28,32). The largest absolute Gasteiger partial charge is 0.398 e. The Kier molecular flexibility index (Phi) is 5.95. The van der Waals surface area contributed by atoms with Gasteiger partial charge in [-0.05, 0) is 18.2 Å². The summed E-state index contributed by atoms with van der Waals surface area (Å²) in [6, 6.07) is 15.3. The fourth-order valence-electron chi connectivity index (χ4n) is 4.09. The van der Waals surface area contributed by atoms with E-state index in [1.807, 2.05) is 42.5 Å². The minimum absolute atomic E-state index is 0.120. The number of hydrogen-bond acceptors (Lipinski definition) is 8. The fraction of sp³-hybridized carbons (Fsp3) is 0.200. The van der Waals surface area contributed by atoms with Crippen molar-refractivity contribution in [2.45, 2.75) is 6.92 Å². The molecule has 2 aromatic heterocycles. The lowest BCUT2D eigenvalue weighted by molar-refractivity contribution is -0.114.